The van der Waals surface area contributed by atoms with Gasteiger partial charge in [0.1, 0.15) is 0 Å². The number of rotatable bonds is 0. The Balaban J connectivity index is 2.33. The molecule has 0 aromatic heterocycles. The summed E-state index contributed by atoms with van der Waals surface area (Å²) in [5, 5.41) is 8.40. The maximum atomic E-state index is 11.9. The minimum Gasteiger partial charge on any atom is -0.366 e. The van der Waals surface area contributed by atoms with Crippen LogP contribution < -0.4 is 0 Å². The van der Waals surface area contributed by atoms with Crippen molar-refractivity contribution in [3.63, 3.8) is 0 Å². The molecular formula is C4H7FO2. The van der Waals surface area contributed by atoms with E-state index in [0.717, 1.165) is 0 Å². The van der Waals surface area contributed by atoms with E-state index in [4.69, 9.17) is 5.11 Å². The molecule has 0 aromatic rings. The first kappa shape index (κ1) is 5.00. The van der Waals surface area contributed by atoms with Crippen LogP contribution in [0.25, 0.3) is 0 Å². The standard InChI is InChI=1S/C4H7FO2/c5-3-1-2-7-4(3)6/h3-4,6H,1-2H2/t3-,4+/m0/s1. The lowest BCUT2D eigenvalue weighted by molar-refractivity contribution is -0.0880. The summed E-state index contributed by atoms with van der Waals surface area (Å²) < 4.78 is 16.4. The van der Waals surface area contributed by atoms with Crippen LogP contribution in [0.1, 0.15) is 6.42 Å². The number of hydrogen-bond donors (Lipinski definition) is 1. The molecule has 0 saturated carbocycles. The summed E-state index contributed by atoms with van der Waals surface area (Å²) in [6, 6.07) is 0. The molecule has 3 heteroatoms. The zero-order valence-corrected chi connectivity index (χ0v) is 3.80. The third kappa shape index (κ3) is 0.894. The highest BCUT2D eigenvalue weighted by molar-refractivity contribution is 4.64. The summed E-state index contributed by atoms with van der Waals surface area (Å²) in [4.78, 5) is 0. The molecule has 1 fully saturated rings. The molecule has 0 unspecified atom stereocenters. The van der Waals surface area contributed by atoms with Gasteiger partial charge < -0.3 is 9.84 Å². The van der Waals surface area contributed by atoms with Crippen LogP contribution >= 0.6 is 0 Å². The molecule has 0 radical (unpaired) electrons. The summed E-state index contributed by atoms with van der Waals surface area (Å²) >= 11 is 0. The predicted octanol–water partition coefficient (Wildman–Crippen LogP) is 0.0632. The van der Waals surface area contributed by atoms with Gasteiger partial charge in [-0.3, -0.25) is 0 Å². The van der Waals surface area contributed by atoms with Crippen LogP contribution in [0.4, 0.5) is 4.39 Å². The molecule has 0 spiro atoms. The Morgan fingerprint density at radius 1 is 1.71 bits per heavy atom. The maximum absolute atomic E-state index is 11.9. The summed E-state index contributed by atoms with van der Waals surface area (Å²) in [6.45, 7) is 0.350. The van der Waals surface area contributed by atoms with Gasteiger partial charge in [-0.15, -0.1) is 0 Å². The van der Waals surface area contributed by atoms with Crippen LogP contribution in [0, 0.1) is 0 Å². The van der Waals surface area contributed by atoms with Gasteiger partial charge >= 0.3 is 0 Å². The minimum atomic E-state index is -1.15. The van der Waals surface area contributed by atoms with Gasteiger partial charge in [0.25, 0.3) is 0 Å². The van der Waals surface area contributed by atoms with Crippen LogP contribution in [0.2, 0.25) is 0 Å². The highest BCUT2D eigenvalue weighted by Gasteiger charge is 2.24. The SMILES string of the molecule is O[C@@H]1OCC[C@@H]1F. The fraction of sp³-hybridized carbons (Fsp3) is 1.00. The monoisotopic (exact) mass is 106 g/mol. The van der Waals surface area contributed by atoms with Gasteiger partial charge in [-0.05, 0) is 0 Å². The first-order chi connectivity index (χ1) is 3.30. The van der Waals surface area contributed by atoms with Crippen molar-refractivity contribution in [3.05, 3.63) is 0 Å². The van der Waals surface area contributed by atoms with Gasteiger partial charge in [-0.25, -0.2) is 4.39 Å². The highest BCUT2D eigenvalue weighted by Crippen LogP contribution is 2.13. The predicted molar refractivity (Wildman–Crippen MR) is 21.5 cm³/mol. The molecule has 1 aliphatic rings. The second kappa shape index (κ2) is 1.76. The van der Waals surface area contributed by atoms with Crippen molar-refractivity contribution >= 4 is 0 Å². The van der Waals surface area contributed by atoms with E-state index in [0.29, 0.717) is 13.0 Å². The fourth-order valence-electron chi connectivity index (χ4n) is 0.548. The first-order valence-electron chi connectivity index (χ1n) is 2.24. The molecule has 1 saturated heterocycles. The summed E-state index contributed by atoms with van der Waals surface area (Å²) in [5.41, 5.74) is 0. The van der Waals surface area contributed by atoms with E-state index in [-0.39, 0.29) is 0 Å². The largest absolute Gasteiger partial charge is 0.366 e. The summed E-state index contributed by atoms with van der Waals surface area (Å²) in [6.07, 6.45) is -1.97. The van der Waals surface area contributed by atoms with Crippen molar-refractivity contribution in [1.82, 2.24) is 0 Å². The molecule has 1 N–H and O–H groups in total. The van der Waals surface area contributed by atoms with Crippen LogP contribution in [0.15, 0.2) is 0 Å². The molecule has 0 amide bonds. The number of ether oxygens (including phenoxy) is 1. The van der Waals surface area contributed by atoms with Gasteiger partial charge in [-0.2, -0.15) is 0 Å². The van der Waals surface area contributed by atoms with E-state index in [2.05, 4.69) is 4.74 Å². The first-order valence-corrected chi connectivity index (χ1v) is 2.24. The Kier molecular flexibility index (Phi) is 1.25. The Hall–Kier alpha value is -0.150. The maximum Gasteiger partial charge on any atom is 0.186 e. The Morgan fingerprint density at radius 3 is 2.57 bits per heavy atom. The van der Waals surface area contributed by atoms with Crippen LogP contribution in [0.5, 0.6) is 0 Å². The van der Waals surface area contributed by atoms with Crippen molar-refractivity contribution in [2.24, 2.45) is 0 Å². The van der Waals surface area contributed by atoms with Crippen molar-refractivity contribution < 1.29 is 14.2 Å². The molecule has 42 valence electrons. The van der Waals surface area contributed by atoms with Crippen molar-refractivity contribution in [2.45, 2.75) is 18.9 Å². The van der Waals surface area contributed by atoms with Gasteiger partial charge in [0.15, 0.2) is 12.5 Å². The second-order valence-electron chi connectivity index (χ2n) is 1.57. The molecule has 2 nitrogen and oxygen atoms in total. The average molecular weight is 106 g/mol. The molecule has 1 rings (SSSR count). The smallest absolute Gasteiger partial charge is 0.186 e. The number of hydrogen-bond acceptors (Lipinski definition) is 2. The van der Waals surface area contributed by atoms with Crippen molar-refractivity contribution in [2.75, 3.05) is 6.61 Å². The second-order valence-corrected chi connectivity index (χ2v) is 1.57. The quantitative estimate of drug-likeness (QED) is 0.473. The van der Waals surface area contributed by atoms with E-state index in [1.165, 1.54) is 0 Å². The van der Waals surface area contributed by atoms with E-state index in [1.807, 2.05) is 0 Å². The van der Waals surface area contributed by atoms with Crippen molar-refractivity contribution in [3.8, 4) is 0 Å². The lowest BCUT2D eigenvalue weighted by Crippen LogP contribution is -2.14. The van der Waals surface area contributed by atoms with E-state index < -0.39 is 12.5 Å². The zero-order chi connectivity index (χ0) is 5.28. The van der Waals surface area contributed by atoms with Crippen LogP contribution in [0.3, 0.4) is 0 Å². The zero-order valence-electron chi connectivity index (χ0n) is 3.80. The molecule has 7 heavy (non-hydrogen) atoms. The van der Waals surface area contributed by atoms with Crippen molar-refractivity contribution in [1.29, 1.82) is 0 Å². The van der Waals surface area contributed by atoms with Gasteiger partial charge in [0.2, 0.25) is 0 Å². The molecule has 0 bridgehead atoms. The number of aliphatic hydroxyl groups excluding tert-OH is 1. The number of alkyl halides is 1. The van der Waals surface area contributed by atoms with E-state index in [1.54, 1.807) is 0 Å². The third-order valence-electron chi connectivity index (χ3n) is 0.992. The van der Waals surface area contributed by atoms with Gasteiger partial charge in [-0.1, -0.05) is 0 Å². The normalized spacial score (nSPS) is 42.0. The van der Waals surface area contributed by atoms with E-state index in [9.17, 15) is 4.39 Å². The molecule has 1 heterocycles. The van der Waals surface area contributed by atoms with Crippen LogP contribution in [-0.2, 0) is 4.74 Å². The van der Waals surface area contributed by atoms with E-state index >= 15 is 0 Å². The van der Waals surface area contributed by atoms with Crippen LogP contribution in [-0.4, -0.2) is 24.2 Å². The molecular weight excluding hydrogens is 99.0 g/mol. The fourth-order valence-corrected chi connectivity index (χ4v) is 0.548. The Bertz CT molecular complexity index is 58.7. The number of halogens is 1. The minimum absolute atomic E-state index is 0.334. The molecule has 2 atom stereocenters. The molecule has 1 aliphatic heterocycles. The average Bonchev–Trinajstić information content (AvgIpc) is 1.91. The lowest BCUT2D eigenvalue weighted by atomic mass is 10.3. The Morgan fingerprint density at radius 2 is 2.43 bits per heavy atom. The molecule has 0 aromatic carbocycles. The topological polar surface area (TPSA) is 29.5 Å². The van der Waals surface area contributed by atoms with Gasteiger partial charge in [0.05, 0.1) is 6.61 Å². The summed E-state index contributed by atoms with van der Waals surface area (Å²) in [5.74, 6) is 0. The van der Waals surface area contributed by atoms with Gasteiger partial charge in [0, 0.05) is 6.42 Å². The third-order valence-corrected chi connectivity index (χ3v) is 0.992. The highest BCUT2D eigenvalue weighted by atomic mass is 19.1. The molecule has 0 aliphatic carbocycles. The Labute approximate surface area is 40.9 Å². The summed E-state index contributed by atoms with van der Waals surface area (Å²) in [7, 11) is 0. The number of aliphatic hydroxyl groups is 1. The lowest BCUT2D eigenvalue weighted by Gasteiger charge is -1.99.